The molecule has 2 N–H and O–H groups in total. The standard InChI is InChI=1S/C15H14N4O6S3/c1-6-8(25-15(22)24-6)2-23-13(21)10-7(4-27-14-17-5-18-28-14)3-26-12-9(16)11(20)19(10)12/h5,9,12H,2-4,16H2,1H3/t9-,12+/m1/s1. The molecule has 10 nitrogen and oxygen atoms in total. The fourth-order valence-corrected chi connectivity index (χ4v) is 5.64. The predicted molar refractivity (Wildman–Crippen MR) is 101 cm³/mol. The Morgan fingerprint density at radius 3 is 2.96 bits per heavy atom. The summed E-state index contributed by atoms with van der Waals surface area (Å²) in [5, 5.41) is -0.293. The molecule has 1 saturated heterocycles. The lowest BCUT2D eigenvalue weighted by Gasteiger charge is -2.48. The lowest BCUT2D eigenvalue weighted by molar-refractivity contribution is -0.151. The number of nitrogens with zero attached hydrogens (tertiary/aromatic N) is 3. The van der Waals surface area contributed by atoms with Crippen LogP contribution in [0.1, 0.15) is 11.5 Å². The Bertz CT molecular complexity index is 998. The lowest BCUT2D eigenvalue weighted by Crippen LogP contribution is -2.68. The van der Waals surface area contributed by atoms with Gasteiger partial charge >= 0.3 is 11.8 Å². The normalized spacial score (nSPS) is 21.5. The van der Waals surface area contributed by atoms with Gasteiger partial charge in [-0.1, -0.05) is 11.8 Å². The highest BCUT2D eigenvalue weighted by molar-refractivity contribution is 8.01. The molecule has 13 heteroatoms. The van der Waals surface area contributed by atoms with E-state index in [9.17, 15) is 14.4 Å². The second kappa shape index (κ2) is 7.73. The van der Waals surface area contributed by atoms with Crippen molar-refractivity contribution in [3.8, 4) is 0 Å². The molecule has 4 rings (SSSR count). The molecule has 0 spiro atoms. The van der Waals surface area contributed by atoms with Crippen LogP contribution in [0.4, 0.5) is 0 Å². The van der Waals surface area contributed by atoms with Crippen LogP contribution in [0.2, 0.25) is 0 Å². The second-order valence-electron chi connectivity index (χ2n) is 5.89. The van der Waals surface area contributed by atoms with E-state index >= 15 is 0 Å². The Hall–Kier alpha value is -2.09. The number of aryl methyl sites for hydroxylation is 1. The molecule has 0 aliphatic carbocycles. The van der Waals surface area contributed by atoms with Crippen LogP contribution in [0.3, 0.4) is 0 Å². The summed E-state index contributed by atoms with van der Waals surface area (Å²) in [6.45, 7) is 1.26. The van der Waals surface area contributed by atoms with Crippen LogP contribution >= 0.6 is 35.1 Å². The van der Waals surface area contributed by atoms with E-state index in [0.717, 1.165) is 9.91 Å². The van der Waals surface area contributed by atoms with Gasteiger partial charge in [0.25, 0.3) is 0 Å². The van der Waals surface area contributed by atoms with Crippen molar-refractivity contribution in [1.82, 2.24) is 14.3 Å². The number of rotatable bonds is 6. The topological polar surface area (TPSA) is 142 Å². The van der Waals surface area contributed by atoms with Gasteiger partial charge in [-0.3, -0.25) is 9.69 Å². The monoisotopic (exact) mass is 442 g/mol. The van der Waals surface area contributed by atoms with Gasteiger partial charge in [0.05, 0.1) is 0 Å². The third-order valence-corrected chi connectivity index (χ3v) is 7.41. The van der Waals surface area contributed by atoms with Crippen molar-refractivity contribution in [3.05, 3.63) is 39.7 Å². The first kappa shape index (κ1) is 19.2. The van der Waals surface area contributed by atoms with E-state index in [-0.39, 0.29) is 35.1 Å². The molecule has 0 aromatic carbocycles. The van der Waals surface area contributed by atoms with E-state index in [1.165, 1.54) is 53.2 Å². The van der Waals surface area contributed by atoms with E-state index < -0.39 is 17.8 Å². The van der Waals surface area contributed by atoms with Gasteiger partial charge in [-0.25, -0.2) is 14.6 Å². The number of ether oxygens (including phenoxy) is 1. The molecule has 0 radical (unpaired) electrons. The minimum absolute atomic E-state index is 0.122. The first-order valence-electron chi connectivity index (χ1n) is 8.04. The molecule has 2 aromatic rings. The van der Waals surface area contributed by atoms with Gasteiger partial charge in [0.2, 0.25) is 5.91 Å². The Morgan fingerprint density at radius 1 is 1.46 bits per heavy atom. The Balaban J connectivity index is 1.55. The first-order valence-corrected chi connectivity index (χ1v) is 10.8. The summed E-state index contributed by atoms with van der Waals surface area (Å²) in [6, 6.07) is -0.640. The van der Waals surface area contributed by atoms with Gasteiger partial charge in [0, 0.05) is 11.5 Å². The molecule has 2 atom stereocenters. The Kier molecular flexibility index (Phi) is 5.31. The van der Waals surface area contributed by atoms with Crippen molar-refractivity contribution in [3.63, 3.8) is 0 Å². The van der Waals surface area contributed by atoms with E-state index in [4.69, 9.17) is 19.3 Å². The predicted octanol–water partition coefficient (Wildman–Crippen LogP) is 0.725. The van der Waals surface area contributed by atoms with Crippen molar-refractivity contribution in [2.24, 2.45) is 5.73 Å². The zero-order valence-corrected chi connectivity index (χ0v) is 16.9. The molecule has 2 aromatic heterocycles. The maximum absolute atomic E-state index is 12.8. The molecule has 148 valence electrons. The average Bonchev–Trinajstić information content (AvgIpc) is 3.32. The van der Waals surface area contributed by atoms with Gasteiger partial charge in [-0.05, 0) is 24.0 Å². The molecule has 0 bridgehead atoms. The zero-order valence-electron chi connectivity index (χ0n) is 14.4. The van der Waals surface area contributed by atoms with Gasteiger partial charge < -0.3 is 19.3 Å². The van der Waals surface area contributed by atoms with Crippen molar-refractivity contribution >= 4 is 46.9 Å². The van der Waals surface area contributed by atoms with E-state index in [2.05, 4.69) is 9.36 Å². The van der Waals surface area contributed by atoms with Crippen LogP contribution in [0.5, 0.6) is 0 Å². The average molecular weight is 443 g/mol. The summed E-state index contributed by atoms with van der Waals surface area (Å²) in [5.41, 5.74) is 6.79. The van der Waals surface area contributed by atoms with Crippen molar-refractivity contribution in [2.45, 2.75) is 29.3 Å². The summed E-state index contributed by atoms with van der Waals surface area (Å²) in [7, 11) is 0. The number of β-lactam (4-membered cyclic amide) rings is 1. The third kappa shape index (κ3) is 3.50. The molecule has 0 unspecified atom stereocenters. The molecular formula is C15H14N4O6S3. The number of nitrogens with two attached hydrogens (primary N) is 1. The zero-order chi connectivity index (χ0) is 19.8. The van der Waals surface area contributed by atoms with Crippen LogP contribution in [-0.4, -0.2) is 49.1 Å². The molecular weight excluding hydrogens is 428 g/mol. The van der Waals surface area contributed by atoms with Gasteiger partial charge in [0.15, 0.2) is 22.5 Å². The number of hydrogen-bond donors (Lipinski definition) is 1. The smallest absolute Gasteiger partial charge is 0.453 e. The number of hydrogen-bond acceptors (Lipinski definition) is 12. The quantitative estimate of drug-likeness (QED) is 0.384. The van der Waals surface area contributed by atoms with Crippen molar-refractivity contribution in [1.29, 1.82) is 0 Å². The number of carbonyl (C=O) groups excluding carboxylic acids is 2. The summed E-state index contributed by atoms with van der Waals surface area (Å²) < 4.78 is 19.6. The van der Waals surface area contributed by atoms with Gasteiger partial charge in [0.1, 0.15) is 23.4 Å². The lowest BCUT2D eigenvalue weighted by atomic mass is 10.0. The number of fused-ring (bicyclic) bond motifs is 1. The highest BCUT2D eigenvalue weighted by atomic mass is 32.2. The minimum Gasteiger partial charge on any atom is -0.453 e. The highest BCUT2D eigenvalue weighted by Gasteiger charge is 2.52. The fraction of sp³-hybridized carbons (Fsp3) is 0.400. The molecule has 4 heterocycles. The number of thioether (sulfide) groups is 2. The molecule has 2 aliphatic heterocycles. The first-order chi connectivity index (χ1) is 13.5. The molecule has 1 amide bonds. The van der Waals surface area contributed by atoms with E-state index in [1.807, 2.05) is 0 Å². The molecule has 0 saturated carbocycles. The van der Waals surface area contributed by atoms with Gasteiger partial charge in [-0.15, -0.1) is 11.8 Å². The van der Waals surface area contributed by atoms with Crippen LogP contribution in [-0.2, 0) is 20.9 Å². The largest absolute Gasteiger partial charge is 0.519 e. The summed E-state index contributed by atoms with van der Waals surface area (Å²) >= 11 is 4.18. The summed E-state index contributed by atoms with van der Waals surface area (Å²) in [4.78, 5) is 41.7. The van der Waals surface area contributed by atoms with Gasteiger partial charge in [-0.2, -0.15) is 4.37 Å². The molecule has 1 fully saturated rings. The summed E-state index contributed by atoms with van der Waals surface area (Å²) in [6.07, 6.45) is 1.46. The van der Waals surface area contributed by atoms with Crippen LogP contribution in [0.25, 0.3) is 0 Å². The number of carbonyl (C=O) groups is 2. The van der Waals surface area contributed by atoms with Crippen molar-refractivity contribution < 1.29 is 23.2 Å². The minimum atomic E-state index is -0.866. The van der Waals surface area contributed by atoms with Crippen LogP contribution < -0.4 is 11.6 Å². The number of amides is 1. The van der Waals surface area contributed by atoms with E-state index in [1.54, 1.807) is 0 Å². The Morgan fingerprint density at radius 2 is 2.29 bits per heavy atom. The molecule has 2 aliphatic rings. The van der Waals surface area contributed by atoms with Crippen molar-refractivity contribution in [2.75, 3.05) is 11.5 Å². The Labute approximate surface area is 170 Å². The number of aromatic nitrogens is 2. The third-order valence-electron chi connectivity index (χ3n) is 4.16. The SMILES string of the molecule is Cc1oc(=O)oc1COC(=O)C1=C(CSc2ncns2)CS[C@H]2[C@H](N)C(=O)N12. The number of esters is 1. The second-order valence-corrected chi connectivity index (χ2v) is 9.00. The maximum Gasteiger partial charge on any atom is 0.519 e. The van der Waals surface area contributed by atoms with Crippen LogP contribution in [0.15, 0.2) is 35.6 Å². The molecule has 28 heavy (non-hydrogen) atoms. The highest BCUT2D eigenvalue weighted by Crippen LogP contribution is 2.41. The summed E-state index contributed by atoms with van der Waals surface area (Å²) in [5.74, 6) is -0.517. The fourth-order valence-electron chi connectivity index (χ4n) is 2.76. The van der Waals surface area contributed by atoms with Crippen LogP contribution in [0, 0.1) is 6.92 Å². The maximum atomic E-state index is 12.8. The van der Waals surface area contributed by atoms with E-state index in [0.29, 0.717) is 11.5 Å².